The van der Waals surface area contributed by atoms with Crippen molar-refractivity contribution in [3.63, 3.8) is 0 Å². The number of nitrogens with zero attached hydrogens (tertiary/aromatic N) is 5. The number of halogens is 1. The van der Waals surface area contributed by atoms with E-state index in [0.29, 0.717) is 11.3 Å². The fourth-order valence-corrected chi connectivity index (χ4v) is 6.76. The van der Waals surface area contributed by atoms with Gasteiger partial charge in [-0.05, 0) is 35.3 Å². The van der Waals surface area contributed by atoms with Crippen molar-refractivity contribution < 1.29 is 62.6 Å². The lowest BCUT2D eigenvalue weighted by molar-refractivity contribution is -0.139. The lowest BCUT2D eigenvalue weighted by Crippen LogP contribution is -2.56. The topological polar surface area (TPSA) is 254 Å². The Balaban J connectivity index is 1.56. The molecule has 21 heteroatoms. The van der Waals surface area contributed by atoms with Crippen molar-refractivity contribution in [2.45, 2.75) is 103 Å². The first-order valence-electron chi connectivity index (χ1n) is 17.1. The van der Waals surface area contributed by atoms with Crippen molar-refractivity contribution in [3.05, 3.63) is 11.6 Å². The molecule has 0 aromatic carbocycles. The number of hydrogen-bond acceptors (Lipinski definition) is 15. The van der Waals surface area contributed by atoms with Crippen LogP contribution in [0.1, 0.15) is 73.5 Å². The molecule has 1 aliphatic heterocycles. The molecule has 2 aromatic rings. The van der Waals surface area contributed by atoms with E-state index < -0.39 is 86.1 Å². The number of aliphatic hydroxyl groups excluding tert-OH is 2. The quantitative estimate of drug-likeness (QED) is 0.111. The van der Waals surface area contributed by atoms with Crippen molar-refractivity contribution in [2.24, 2.45) is 10.8 Å². The van der Waals surface area contributed by atoms with E-state index >= 15 is 0 Å². The zero-order valence-electron chi connectivity index (χ0n) is 30.9. The van der Waals surface area contributed by atoms with Crippen LogP contribution >= 0.6 is 19.2 Å². The lowest BCUT2D eigenvalue weighted by atomic mass is 9.99. The molecule has 4 rings (SSSR count). The Morgan fingerprint density at radius 3 is 1.98 bits per heavy atom. The lowest BCUT2D eigenvalue weighted by Gasteiger charge is -2.35. The minimum Gasteiger partial charge on any atom is -0.434 e. The van der Waals surface area contributed by atoms with Gasteiger partial charge in [0, 0.05) is 19.6 Å². The molecule has 1 amide bonds. The highest BCUT2D eigenvalue weighted by Crippen LogP contribution is 2.52. The predicted octanol–water partition coefficient (Wildman–Crippen LogP) is 3.23. The zero-order valence-corrected chi connectivity index (χ0v) is 32.5. The summed E-state index contributed by atoms with van der Waals surface area (Å²) < 4.78 is 40.6. The summed E-state index contributed by atoms with van der Waals surface area (Å²) in [6.45, 7) is 7.25. The van der Waals surface area contributed by atoms with Crippen LogP contribution in [0.2, 0.25) is 5.28 Å². The molecule has 1 saturated carbocycles. The molecule has 5 N–H and O–H groups in total. The average Bonchev–Trinajstić information content (AvgIpc) is 3.78. The van der Waals surface area contributed by atoms with Gasteiger partial charge in [0.05, 0.1) is 19.5 Å². The molecule has 4 atom stereocenters. The standard InChI is InChI=1S/C32H50ClN6O13P/c1-30(2,3)13-48-28(43)50-15-32(53(45,46)47,16-51-29(44)49-14-31(4,5)6)26(42)38(7)12-19-21(40)22(41)25(52-19)39-17-34-20-23(35-18-10-8-9-11-18)36-27(33)37-24(20)39/h17-19,21-22,25,40-41H,8-16H2,1-7H3,(H,35,36,37)(H2,45,46,47)/t19-,21-,22-,25-/m1/s1. The average molecular weight is 793 g/mol. The molecule has 19 nitrogen and oxygen atoms in total. The van der Waals surface area contributed by atoms with Crippen LogP contribution in [0.25, 0.3) is 11.2 Å². The maximum atomic E-state index is 14.1. The highest BCUT2D eigenvalue weighted by Gasteiger charge is 2.58. The monoisotopic (exact) mass is 792 g/mol. The van der Waals surface area contributed by atoms with Crippen molar-refractivity contribution in [1.82, 2.24) is 24.4 Å². The minimum absolute atomic E-state index is 0.0996. The number of imidazole rings is 1. The molecule has 2 aromatic heterocycles. The smallest absolute Gasteiger partial charge is 0.434 e. The van der Waals surface area contributed by atoms with Gasteiger partial charge in [-0.2, -0.15) is 9.97 Å². The van der Waals surface area contributed by atoms with E-state index in [1.807, 2.05) is 0 Å². The second-order valence-electron chi connectivity index (χ2n) is 15.9. The van der Waals surface area contributed by atoms with E-state index in [9.17, 15) is 38.9 Å². The molecular weight excluding hydrogens is 743 g/mol. The van der Waals surface area contributed by atoms with E-state index in [1.165, 1.54) is 10.9 Å². The molecule has 3 heterocycles. The van der Waals surface area contributed by atoms with Gasteiger partial charge in [-0.3, -0.25) is 13.9 Å². The van der Waals surface area contributed by atoms with Crippen molar-refractivity contribution in [3.8, 4) is 0 Å². The summed E-state index contributed by atoms with van der Waals surface area (Å²) in [5, 5.41) is 22.4. The molecule has 0 bridgehead atoms. The predicted molar refractivity (Wildman–Crippen MR) is 188 cm³/mol. The second kappa shape index (κ2) is 16.6. The molecule has 53 heavy (non-hydrogen) atoms. The summed E-state index contributed by atoms with van der Waals surface area (Å²) in [7, 11) is -4.52. The van der Waals surface area contributed by atoms with Gasteiger partial charge in [0.2, 0.25) is 16.3 Å². The van der Waals surface area contributed by atoms with Gasteiger partial charge >= 0.3 is 19.9 Å². The molecule has 1 aliphatic carbocycles. The number of rotatable bonds is 13. The molecule has 2 aliphatic rings. The number of aliphatic hydroxyl groups is 2. The molecule has 2 fully saturated rings. The molecule has 0 spiro atoms. The molecular formula is C32H50ClN6O13P. The summed E-state index contributed by atoms with van der Waals surface area (Å²) >= 11 is 6.24. The van der Waals surface area contributed by atoms with Gasteiger partial charge in [0.1, 0.15) is 31.5 Å². The Kier molecular flexibility index (Phi) is 13.3. The van der Waals surface area contributed by atoms with E-state index in [1.54, 1.807) is 41.5 Å². The first-order chi connectivity index (χ1) is 24.5. The number of amides is 1. The number of likely N-dealkylation sites (N-methyl/N-ethyl adjacent to an activating group) is 1. The van der Waals surface area contributed by atoms with Crippen LogP contribution in [0.3, 0.4) is 0 Å². The van der Waals surface area contributed by atoms with E-state index in [0.717, 1.165) is 37.6 Å². The summed E-state index contributed by atoms with van der Waals surface area (Å²) in [6.07, 6.45) is -3.15. The normalized spacial score (nSPS) is 21.4. The van der Waals surface area contributed by atoms with Gasteiger partial charge < -0.3 is 53.9 Å². The number of ether oxygens (including phenoxy) is 5. The Hall–Kier alpha value is -3.32. The van der Waals surface area contributed by atoms with Crippen LogP contribution in [0.5, 0.6) is 0 Å². The molecule has 298 valence electrons. The Morgan fingerprint density at radius 1 is 0.943 bits per heavy atom. The second-order valence-corrected chi connectivity index (χ2v) is 18.2. The Morgan fingerprint density at radius 2 is 1.47 bits per heavy atom. The van der Waals surface area contributed by atoms with E-state index in [4.69, 9.17) is 35.3 Å². The van der Waals surface area contributed by atoms with Crippen molar-refractivity contribution in [2.75, 3.05) is 45.3 Å². The third-order valence-corrected chi connectivity index (χ3v) is 10.3. The van der Waals surface area contributed by atoms with E-state index in [-0.39, 0.29) is 30.2 Å². The van der Waals surface area contributed by atoms with Crippen LogP contribution in [-0.2, 0) is 33.0 Å². The van der Waals surface area contributed by atoms with Crippen molar-refractivity contribution in [1.29, 1.82) is 0 Å². The zero-order chi connectivity index (χ0) is 39.5. The first kappa shape index (κ1) is 42.4. The van der Waals surface area contributed by atoms with Crippen LogP contribution in [0, 0.1) is 10.8 Å². The number of hydrogen-bond donors (Lipinski definition) is 5. The Bertz CT molecular complexity index is 1640. The first-order valence-corrected chi connectivity index (χ1v) is 19.1. The number of fused-ring (bicyclic) bond motifs is 1. The third-order valence-electron chi connectivity index (χ3n) is 8.56. The number of nitrogens with one attached hydrogen (secondary N) is 1. The van der Waals surface area contributed by atoms with Gasteiger partial charge in [0.25, 0.3) is 0 Å². The minimum atomic E-state index is -5.66. The van der Waals surface area contributed by atoms with Gasteiger partial charge in [-0.1, -0.05) is 54.4 Å². The van der Waals surface area contributed by atoms with Gasteiger partial charge in [-0.25, -0.2) is 14.6 Å². The summed E-state index contributed by atoms with van der Waals surface area (Å²) in [4.78, 5) is 73.9. The number of carbonyl (C=O) groups excluding carboxylic acids is 3. The van der Waals surface area contributed by atoms with Gasteiger partial charge in [-0.15, -0.1) is 0 Å². The summed E-state index contributed by atoms with van der Waals surface area (Å²) in [6, 6.07) is 0.168. The van der Waals surface area contributed by atoms with Crippen LogP contribution in [0.4, 0.5) is 15.4 Å². The number of anilines is 1. The van der Waals surface area contributed by atoms with Crippen LogP contribution < -0.4 is 5.32 Å². The number of carbonyl (C=O) groups is 3. The SMILES string of the molecule is CN(C[C@H]1O[C@@H](n2cnc3c(NC4CCCC4)nc(Cl)nc32)[C@H](O)[C@@H]1O)C(=O)C(COC(=O)OCC(C)(C)C)(COC(=O)OCC(C)(C)C)P(=O)(O)O. The fraction of sp³-hybridized carbons (Fsp3) is 0.750. The highest BCUT2D eigenvalue weighted by atomic mass is 35.5. The van der Waals surface area contributed by atoms with E-state index in [2.05, 4.69) is 20.3 Å². The Labute approximate surface area is 311 Å². The van der Waals surface area contributed by atoms with Crippen LogP contribution in [-0.4, -0.2) is 132 Å². The fourth-order valence-electron chi connectivity index (χ4n) is 5.71. The van der Waals surface area contributed by atoms with Crippen LogP contribution in [0.15, 0.2) is 6.33 Å². The van der Waals surface area contributed by atoms with Crippen molar-refractivity contribution >= 4 is 54.4 Å². The number of aromatic nitrogens is 4. The summed E-state index contributed by atoms with van der Waals surface area (Å²) in [5.74, 6) is -0.953. The summed E-state index contributed by atoms with van der Waals surface area (Å²) in [5.41, 5.74) is -0.442. The highest BCUT2D eigenvalue weighted by molar-refractivity contribution is 7.55. The molecule has 1 saturated heterocycles. The maximum Gasteiger partial charge on any atom is 0.508 e. The largest absolute Gasteiger partial charge is 0.508 e. The molecule has 0 unspecified atom stereocenters. The molecule has 0 radical (unpaired) electrons. The third kappa shape index (κ3) is 10.7. The maximum absolute atomic E-state index is 14.1. The van der Waals surface area contributed by atoms with Gasteiger partial charge in [0.15, 0.2) is 23.2 Å².